The molecule has 14 heteroatoms. The minimum absolute atomic E-state index is 0.168. The van der Waals surface area contributed by atoms with E-state index < -0.39 is 12.1 Å². The van der Waals surface area contributed by atoms with Crippen molar-refractivity contribution in [1.82, 2.24) is 25.1 Å². The highest BCUT2D eigenvalue weighted by molar-refractivity contribution is 6.07. The SMILES string of the molecule is COCCNC(=O)c1ccc2c(c1)C(c1ncn(C(C)C)n1)CN2C(=O)c1ccccn1.O=C(O)C(F)(F)F. The number of amides is 2. The lowest BCUT2D eigenvalue weighted by atomic mass is 9.98. The molecule has 0 fully saturated rings. The fraction of sp³-hybridized carbons (Fsp3) is 0.360. The Kier molecular flexibility index (Phi) is 9.35. The van der Waals surface area contributed by atoms with Crippen molar-refractivity contribution in [3.8, 4) is 0 Å². The maximum Gasteiger partial charge on any atom is 0.490 e. The second-order valence-corrected chi connectivity index (χ2v) is 8.69. The molecule has 39 heavy (non-hydrogen) atoms. The number of carboxylic acids is 1. The summed E-state index contributed by atoms with van der Waals surface area (Å²) in [7, 11) is 1.59. The van der Waals surface area contributed by atoms with Crippen molar-refractivity contribution in [3.63, 3.8) is 0 Å². The lowest BCUT2D eigenvalue weighted by molar-refractivity contribution is -0.192. The van der Waals surface area contributed by atoms with Crippen LogP contribution in [-0.2, 0) is 9.53 Å². The first-order valence-electron chi connectivity index (χ1n) is 11.8. The van der Waals surface area contributed by atoms with E-state index in [9.17, 15) is 22.8 Å². The molecule has 3 aromatic rings. The fourth-order valence-electron chi connectivity index (χ4n) is 3.71. The Balaban J connectivity index is 0.000000532. The van der Waals surface area contributed by atoms with Crippen LogP contribution in [0, 0.1) is 0 Å². The number of hydrogen-bond donors (Lipinski definition) is 2. The number of hydrogen-bond acceptors (Lipinski definition) is 7. The van der Waals surface area contributed by atoms with Gasteiger partial charge in [-0.3, -0.25) is 19.3 Å². The van der Waals surface area contributed by atoms with Gasteiger partial charge in [-0.1, -0.05) is 6.07 Å². The number of carbonyl (C=O) groups excluding carboxylic acids is 2. The first-order valence-corrected chi connectivity index (χ1v) is 11.8. The molecule has 1 atom stereocenters. The van der Waals surface area contributed by atoms with Crippen LogP contribution in [0.15, 0.2) is 48.9 Å². The molecular weight excluding hydrogens is 521 g/mol. The van der Waals surface area contributed by atoms with E-state index in [2.05, 4.69) is 20.4 Å². The van der Waals surface area contributed by atoms with Gasteiger partial charge in [-0.05, 0) is 49.7 Å². The smallest absolute Gasteiger partial charge is 0.475 e. The second kappa shape index (κ2) is 12.5. The molecule has 208 valence electrons. The highest BCUT2D eigenvalue weighted by Gasteiger charge is 2.38. The van der Waals surface area contributed by atoms with Crippen molar-refractivity contribution < 1.29 is 37.4 Å². The van der Waals surface area contributed by atoms with E-state index in [4.69, 9.17) is 14.6 Å². The van der Waals surface area contributed by atoms with Crippen LogP contribution in [0.3, 0.4) is 0 Å². The standard InChI is InChI=1S/C23H26N6O3.C2HF3O2/c1-15(2)29-14-26-21(27-29)18-13-28(23(31)19-6-4-5-9-24-19)20-8-7-16(12-17(18)20)22(30)25-10-11-32-3;3-2(4,5)1(6)7/h4-9,12,14-15,18H,10-11,13H2,1-3H3,(H,25,30);(H,6,7). The van der Waals surface area contributed by atoms with Crippen molar-refractivity contribution in [1.29, 1.82) is 0 Å². The van der Waals surface area contributed by atoms with Gasteiger partial charge in [0.05, 0.1) is 12.5 Å². The average molecular weight is 549 g/mol. The van der Waals surface area contributed by atoms with Crippen molar-refractivity contribution >= 4 is 23.5 Å². The summed E-state index contributed by atoms with van der Waals surface area (Å²) in [5.74, 6) is -2.78. The summed E-state index contributed by atoms with van der Waals surface area (Å²) < 4.78 is 38.5. The quantitative estimate of drug-likeness (QED) is 0.430. The van der Waals surface area contributed by atoms with Crippen LogP contribution in [0.25, 0.3) is 0 Å². The van der Waals surface area contributed by atoms with Gasteiger partial charge in [0, 0.05) is 43.7 Å². The van der Waals surface area contributed by atoms with E-state index in [1.54, 1.807) is 59.5 Å². The largest absolute Gasteiger partial charge is 0.490 e. The number of nitrogens with zero attached hydrogens (tertiary/aromatic N) is 5. The van der Waals surface area contributed by atoms with Gasteiger partial charge >= 0.3 is 12.1 Å². The average Bonchev–Trinajstić information content (AvgIpc) is 3.54. The molecule has 1 aliphatic rings. The third-order valence-corrected chi connectivity index (χ3v) is 5.65. The van der Waals surface area contributed by atoms with E-state index in [0.717, 1.165) is 11.3 Å². The van der Waals surface area contributed by atoms with Crippen LogP contribution >= 0.6 is 0 Å². The fourth-order valence-corrected chi connectivity index (χ4v) is 3.71. The second-order valence-electron chi connectivity index (χ2n) is 8.69. The Labute approximate surface area is 221 Å². The van der Waals surface area contributed by atoms with E-state index in [1.807, 2.05) is 19.9 Å². The molecule has 1 aliphatic heterocycles. The van der Waals surface area contributed by atoms with E-state index in [-0.39, 0.29) is 23.8 Å². The molecule has 0 saturated carbocycles. The monoisotopic (exact) mass is 548 g/mol. The summed E-state index contributed by atoms with van der Waals surface area (Å²) in [4.78, 5) is 45.1. The van der Waals surface area contributed by atoms with Gasteiger partial charge in [-0.25, -0.2) is 9.78 Å². The normalized spacial score (nSPS) is 14.4. The zero-order chi connectivity index (χ0) is 28.7. The maximum atomic E-state index is 13.2. The Bertz CT molecular complexity index is 1310. The van der Waals surface area contributed by atoms with Gasteiger partial charge in [0.15, 0.2) is 5.82 Å². The first kappa shape index (κ1) is 29.2. The third-order valence-electron chi connectivity index (χ3n) is 5.65. The zero-order valence-corrected chi connectivity index (χ0v) is 21.3. The molecule has 0 spiro atoms. The molecule has 2 N–H and O–H groups in total. The summed E-state index contributed by atoms with van der Waals surface area (Å²) in [6, 6.07) is 10.8. The van der Waals surface area contributed by atoms with Gasteiger partial charge < -0.3 is 20.1 Å². The highest BCUT2D eigenvalue weighted by Crippen LogP contribution is 2.40. The van der Waals surface area contributed by atoms with Gasteiger partial charge in [-0.15, -0.1) is 0 Å². The van der Waals surface area contributed by atoms with Crippen LogP contribution in [0.2, 0.25) is 0 Å². The number of methoxy groups -OCH3 is 1. The lowest BCUT2D eigenvalue weighted by Gasteiger charge is -2.17. The number of carboxylic acid groups (broad SMARTS) is 1. The molecule has 0 aliphatic carbocycles. The number of rotatable bonds is 7. The van der Waals surface area contributed by atoms with Crippen LogP contribution in [0.4, 0.5) is 18.9 Å². The molecule has 4 rings (SSSR count). The van der Waals surface area contributed by atoms with Crippen LogP contribution in [-0.4, -0.2) is 75.6 Å². The molecule has 1 unspecified atom stereocenters. The number of aromatic nitrogens is 4. The molecule has 2 aromatic heterocycles. The van der Waals surface area contributed by atoms with E-state index in [1.165, 1.54) is 0 Å². The van der Waals surface area contributed by atoms with Crippen molar-refractivity contribution in [2.75, 3.05) is 31.7 Å². The number of benzene rings is 1. The number of aliphatic carboxylic acids is 1. The minimum atomic E-state index is -5.08. The summed E-state index contributed by atoms with van der Waals surface area (Å²) in [5.41, 5.74) is 2.46. The summed E-state index contributed by atoms with van der Waals surface area (Å²) >= 11 is 0. The maximum absolute atomic E-state index is 13.2. The molecule has 0 radical (unpaired) electrons. The Morgan fingerprint density at radius 3 is 2.46 bits per heavy atom. The predicted molar refractivity (Wildman–Crippen MR) is 133 cm³/mol. The number of carbonyl (C=O) groups is 3. The van der Waals surface area contributed by atoms with Crippen LogP contribution in [0.1, 0.15) is 58.0 Å². The summed E-state index contributed by atoms with van der Waals surface area (Å²) in [5, 5.41) is 14.6. The number of nitrogens with one attached hydrogen (secondary N) is 1. The van der Waals surface area contributed by atoms with Crippen LogP contribution < -0.4 is 10.2 Å². The lowest BCUT2D eigenvalue weighted by Crippen LogP contribution is -2.30. The molecule has 0 saturated heterocycles. The third kappa shape index (κ3) is 7.16. The topological polar surface area (TPSA) is 140 Å². The highest BCUT2D eigenvalue weighted by atomic mass is 19.4. The van der Waals surface area contributed by atoms with Gasteiger partial charge in [0.2, 0.25) is 0 Å². The number of fused-ring (bicyclic) bond motifs is 1. The van der Waals surface area contributed by atoms with Gasteiger partial charge in [0.1, 0.15) is 12.0 Å². The van der Waals surface area contributed by atoms with Gasteiger partial charge in [0.25, 0.3) is 11.8 Å². The van der Waals surface area contributed by atoms with Crippen molar-refractivity contribution in [3.05, 3.63) is 71.6 Å². The molecule has 11 nitrogen and oxygen atoms in total. The van der Waals surface area contributed by atoms with Crippen LogP contribution in [0.5, 0.6) is 0 Å². The number of pyridine rings is 1. The number of alkyl halides is 3. The van der Waals surface area contributed by atoms with Crippen molar-refractivity contribution in [2.45, 2.75) is 32.0 Å². The van der Waals surface area contributed by atoms with E-state index >= 15 is 0 Å². The Morgan fingerprint density at radius 1 is 1.18 bits per heavy atom. The zero-order valence-electron chi connectivity index (χ0n) is 21.3. The summed E-state index contributed by atoms with van der Waals surface area (Å²) in [6.45, 7) is 5.28. The number of ether oxygens (including phenoxy) is 1. The molecular formula is C25H27F3N6O5. The number of anilines is 1. The Morgan fingerprint density at radius 2 is 1.90 bits per heavy atom. The molecule has 0 bridgehead atoms. The van der Waals surface area contributed by atoms with Gasteiger partial charge in [-0.2, -0.15) is 18.3 Å². The van der Waals surface area contributed by atoms with E-state index in [0.29, 0.717) is 36.8 Å². The first-order chi connectivity index (χ1) is 18.4. The molecule has 1 aromatic carbocycles. The number of halogens is 3. The minimum Gasteiger partial charge on any atom is -0.475 e. The predicted octanol–water partition coefficient (Wildman–Crippen LogP) is 3.06. The molecule has 3 heterocycles. The summed E-state index contributed by atoms with van der Waals surface area (Å²) in [6.07, 6.45) is -1.79. The molecule has 2 amide bonds. The van der Waals surface area contributed by atoms with Crippen molar-refractivity contribution in [2.24, 2.45) is 0 Å². The Hall–Kier alpha value is -4.33.